The van der Waals surface area contributed by atoms with E-state index in [0.29, 0.717) is 0 Å². The minimum Gasteiger partial charge on any atom is -0.266 e. The Balaban J connectivity index is 1.40. The van der Waals surface area contributed by atoms with Gasteiger partial charge in [0.25, 0.3) is 10.1 Å². The SMILES string of the molecule is CCCCCCCCCCCCCCCCCCCCOS(=O)(=O)c1cccc2ccccc12. The van der Waals surface area contributed by atoms with Gasteiger partial charge in [-0.25, -0.2) is 0 Å². The van der Waals surface area contributed by atoms with Crippen molar-refractivity contribution in [2.45, 2.75) is 127 Å². The molecule has 34 heavy (non-hydrogen) atoms. The van der Waals surface area contributed by atoms with Crippen LogP contribution in [0.3, 0.4) is 0 Å². The lowest BCUT2D eigenvalue weighted by Gasteiger charge is -2.08. The van der Waals surface area contributed by atoms with E-state index in [4.69, 9.17) is 4.18 Å². The second-order valence-corrected chi connectivity index (χ2v) is 11.3. The van der Waals surface area contributed by atoms with Crippen LogP contribution >= 0.6 is 0 Å². The molecule has 0 N–H and O–H groups in total. The largest absolute Gasteiger partial charge is 0.297 e. The lowest BCUT2D eigenvalue weighted by Crippen LogP contribution is -2.08. The van der Waals surface area contributed by atoms with E-state index in [2.05, 4.69) is 6.92 Å². The lowest BCUT2D eigenvalue weighted by molar-refractivity contribution is 0.306. The Morgan fingerprint density at radius 3 is 1.53 bits per heavy atom. The van der Waals surface area contributed by atoms with Crippen LogP contribution in [0.1, 0.15) is 122 Å². The van der Waals surface area contributed by atoms with Gasteiger partial charge in [-0.1, -0.05) is 152 Å². The van der Waals surface area contributed by atoms with E-state index < -0.39 is 10.1 Å². The first-order valence-electron chi connectivity index (χ1n) is 14.0. The summed E-state index contributed by atoms with van der Waals surface area (Å²) in [6.45, 7) is 2.55. The molecule has 2 aromatic rings. The predicted molar refractivity (Wildman–Crippen MR) is 146 cm³/mol. The van der Waals surface area contributed by atoms with Crippen LogP contribution in [0, 0.1) is 0 Å². The van der Waals surface area contributed by atoms with E-state index in [-0.39, 0.29) is 11.5 Å². The van der Waals surface area contributed by atoms with Crippen LogP contribution in [-0.4, -0.2) is 15.0 Å². The third-order valence-corrected chi connectivity index (χ3v) is 8.13. The van der Waals surface area contributed by atoms with E-state index in [1.807, 2.05) is 30.3 Å². The smallest absolute Gasteiger partial charge is 0.266 e. The molecule has 0 amide bonds. The molecule has 0 radical (unpaired) electrons. The zero-order valence-electron chi connectivity index (χ0n) is 21.6. The average molecular weight is 489 g/mol. The fraction of sp³-hybridized carbons (Fsp3) is 0.667. The maximum absolute atomic E-state index is 12.6. The van der Waals surface area contributed by atoms with Crippen molar-refractivity contribution < 1.29 is 12.6 Å². The third kappa shape index (κ3) is 11.8. The van der Waals surface area contributed by atoms with Crippen molar-refractivity contribution >= 4 is 20.9 Å². The second kappa shape index (κ2) is 18.0. The van der Waals surface area contributed by atoms with Gasteiger partial charge in [-0.15, -0.1) is 0 Å². The molecule has 0 atom stereocenters. The molecule has 0 heterocycles. The Morgan fingerprint density at radius 2 is 1.00 bits per heavy atom. The zero-order chi connectivity index (χ0) is 24.3. The Bertz CT molecular complexity index is 870. The van der Waals surface area contributed by atoms with Crippen LogP contribution in [0.4, 0.5) is 0 Å². The summed E-state index contributed by atoms with van der Waals surface area (Å²) < 4.78 is 30.5. The summed E-state index contributed by atoms with van der Waals surface area (Å²) in [5.74, 6) is 0. The standard InChI is InChI=1S/C30H48O3S/c1-2-3-4-5-6-7-8-9-10-11-12-13-14-15-16-17-18-21-27-33-34(31,32)30-26-22-24-28-23-19-20-25-29(28)30/h19-20,22-26H,2-18,21,27H2,1H3. The van der Waals surface area contributed by atoms with Gasteiger partial charge >= 0.3 is 0 Å². The highest BCUT2D eigenvalue weighted by Crippen LogP contribution is 2.24. The third-order valence-electron chi connectivity index (χ3n) is 6.76. The van der Waals surface area contributed by atoms with Crippen molar-refractivity contribution in [2.75, 3.05) is 6.61 Å². The molecule has 0 unspecified atom stereocenters. The molecular weight excluding hydrogens is 440 g/mol. The van der Waals surface area contributed by atoms with Gasteiger partial charge in [0.05, 0.1) is 6.61 Å². The van der Waals surface area contributed by atoms with Crippen LogP contribution in [0.25, 0.3) is 10.8 Å². The van der Waals surface area contributed by atoms with Crippen LogP contribution in [-0.2, 0) is 14.3 Å². The van der Waals surface area contributed by atoms with Crippen molar-refractivity contribution in [2.24, 2.45) is 0 Å². The monoisotopic (exact) mass is 488 g/mol. The molecule has 2 aromatic carbocycles. The predicted octanol–water partition coefficient (Wildman–Crippen LogP) is 9.59. The van der Waals surface area contributed by atoms with Gasteiger partial charge in [-0.2, -0.15) is 8.42 Å². The first-order chi connectivity index (χ1) is 16.6. The number of hydrogen-bond donors (Lipinski definition) is 0. The summed E-state index contributed by atoms with van der Waals surface area (Å²) in [7, 11) is -3.71. The molecule has 0 bridgehead atoms. The molecule has 0 fully saturated rings. The molecular formula is C30H48O3S. The van der Waals surface area contributed by atoms with E-state index in [9.17, 15) is 8.42 Å². The van der Waals surface area contributed by atoms with Crippen LogP contribution < -0.4 is 0 Å². The van der Waals surface area contributed by atoms with Crippen molar-refractivity contribution in [1.29, 1.82) is 0 Å². The second-order valence-electron chi connectivity index (χ2n) is 9.76. The van der Waals surface area contributed by atoms with Gasteiger partial charge in [-0.3, -0.25) is 4.18 Å². The fourth-order valence-corrected chi connectivity index (χ4v) is 5.81. The summed E-state index contributed by atoms with van der Waals surface area (Å²) in [5, 5.41) is 1.64. The Kier molecular flexibility index (Phi) is 15.2. The van der Waals surface area contributed by atoms with E-state index in [0.717, 1.165) is 30.0 Å². The highest BCUT2D eigenvalue weighted by molar-refractivity contribution is 7.87. The average Bonchev–Trinajstić information content (AvgIpc) is 2.85. The van der Waals surface area contributed by atoms with E-state index in [1.54, 1.807) is 12.1 Å². The van der Waals surface area contributed by atoms with Gasteiger partial charge < -0.3 is 0 Å². The number of hydrogen-bond acceptors (Lipinski definition) is 3. The van der Waals surface area contributed by atoms with Gasteiger partial charge in [-0.05, 0) is 17.9 Å². The molecule has 0 aliphatic rings. The lowest BCUT2D eigenvalue weighted by atomic mass is 10.0. The molecule has 0 aliphatic heterocycles. The maximum atomic E-state index is 12.6. The molecule has 2 rings (SSSR count). The van der Waals surface area contributed by atoms with Crippen molar-refractivity contribution in [3.8, 4) is 0 Å². The normalized spacial score (nSPS) is 11.9. The highest BCUT2D eigenvalue weighted by atomic mass is 32.2. The molecule has 0 saturated heterocycles. The van der Waals surface area contributed by atoms with Crippen LogP contribution in [0.15, 0.2) is 47.4 Å². The quantitative estimate of drug-likeness (QED) is 0.130. The minimum absolute atomic E-state index is 0.268. The highest BCUT2D eigenvalue weighted by Gasteiger charge is 2.17. The van der Waals surface area contributed by atoms with Crippen molar-refractivity contribution in [3.63, 3.8) is 0 Å². The Hall–Kier alpha value is -1.39. The van der Waals surface area contributed by atoms with Crippen molar-refractivity contribution in [1.82, 2.24) is 0 Å². The van der Waals surface area contributed by atoms with E-state index >= 15 is 0 Å². The molecule has 0 aromatic heterocycles. The number of benzene rings is 2. The molecule has 3 nitrogen and oxygen atoms in total. The molecule has 0 saturated carbocycles. The van der Waals surface area contributed by atoms with Crippen molar-refractivity contribution in [3.05, 3.63) is 42.5 Å². The molecule has 0 spiro atoms. The summed E-state index contributed by atoms with van der Waals surface area (Å²) >= 11 is 0. The van der Waals surface area contributed by atoms with Gasteiger partial charge in [0, 0.05) is 5.39 Å². The molecule has 4 heteroatoms. The molecule has 0 aliphatic carbocycles. The Morgan fingerprint density at radius 1 is 0.559 bits per heavy atom. The van der Waals surface area contributed by atoms with Crippen LogP contribution in [0.5, 0.6) is 0 Å². The summed E-state index contributed by atoms with van der Waals surface area (Å²) in [6.07, 6.45) is 23.8. The molecule has 192 valence electrons. The first kappa shape index (κ1) is 28.8. The van der Waals surface area contributed by atoms with Gasteiger partial charge in [0.2, 0.25) is 0 Å². The number of unbranched alkanes of at least 4 members (excludes halogenated alkanes) is 17. The maximum Gasteiger partial charge on any atom is 0.297 e. The summed E-state index contributed by atoms with van der Waals surface area (Å²) in [5.41, 5.74) is 0. The van der Waals surface area contributed by atoms with Gasteiger partial charge in [0.15, 0.2) is 0 Å². The number of rotatable bonds is 21. The topological polar surface area (TPSA) is 43.4 Å². The van der Waals surface area contributed by atoms with Crippen LogP contribution in [0.2, 0.25) is 0 Å². The first-order valence-corrected chi connectivity index (χ1v) is 15.4. The Labute approximate surface area is 209 Å². The summed E-state index contributed by atoms with van der Waals surface area (Å²) in [4.78, 5) is 0.271. The zero-order valence-corrected chi connectivity index (χ0v) is 22.4. The summed E-state index contributed by atoms with van der Waals surface area (Å²) in [6, 6.07) is 12.9. The fourth-order valence-electron chi connectivity index (χ4n) is 4.65. The van der Waals surface area contributed by atoms with Gasteiger partial charge in [0.1, 0.15) is 4.90 Å². The number of fused-ring (bicyclic) bond motifs is 1. The minimum atomic E-state index is -3.71. The van der Waals surface area contributed by atoms with E-state index in [1.165, 1.54) is 96.3 Å².